The molecule has 0 saturated heterocycles. The maximum atomic E-state index is 12.2. The fourth-order valence-electron chi connectivity index (χ4n) is 7.49. The molecule has 8 atom stereocenters. The van der Waals surface area contributed by atoms with Crippen LogP contribution in [-0.4, -0.2) is 16.5 Å². The van der Waals surface area contributed by atoms with Crippen molar-refractivity contribution in [3.8, 4) is 6.07 Å². The van der Waals surface area contributed by atoms with Crippen LogP contribution in [0.4, 0.5) is 0 Å². The van der Waals surface area contributed by atoms with Crippen LogP contribution in [0.25, 0.3) is 0 Å². The molecule has 1 N–H and O–H groups in total. The maximum Gasteiger partial charge on any atom is 0.150 e. The van der Waals surface area contributed by atoms with Crippen LogP contribution in [0.5, 0.6) is 0 Å². The lowest BCUT2D eigenvalue weighted by molar-refractivity contribution is -0.156. The highest BCUT2D eigenvalue weighted by Crippen LogP contribution is 2.68. The number of hydrogen-bond acceptors (Lipinski definition) is 3. The Hall–Kier alpha value is -0.880. The largest absolute Gasteiger partial charge is 0.390 e. The Morgan fingerprint density at radius 3 is 2.50 bits per heavy atom. The molecular formula is C21H31NO2. The first-order chi connectivity index (χ1) is 11.2. The second-order valence-electron chi connectivity index (χ2n) is 9.98. The van der Waals surface area contributed by atoms with Crippen molar-refractivity contribution < 1.29 is 9.90 Å². The lowest BCUT2D eigenvalue weighted by atomic mass is 9.44. The van der Waals surface area contributed by atoms with E-state index >= 15 is 0 Å². The van der Waals surface area contributed by atoms with Crippen molar-refractivity contribution in [2.75, 3.05) is 0 Å². The molecule has 3 heteroatoms. The van der Waals surface area contributed by atoms with Crippen molar-refractivity contribution in [3.63, 3.8) is 0 Å². The molecule has 0 aromatic carbocycles. The Kier molecular flexibility index (Phi) is 3.50. The first kappa shape index (κ1) is 16.6. The van der Waals surface area contributed by atoms with Gasteiger partial charge in [-0.2, -0.15) is 5.26 Å². The van der Waals surface area contributed by atoms with E-state index in [1.807, 2.05) is 6.92 Å². The van der Waals surface area contributed by atoms with Crippen molar-refractivity contribution in [2.45, 2.75) is 77.7 Å². The number of carbonyl (C=O) groups excluding carboxylic acids is 1. The summed E-state index contributed by atoms with van der Waals surface area (Å²) < 4.78 is 0. The third-order valence-electron chi connectivity index (χ3n) is 9.26. The van der Waals surface area contributed by atoms with Gasteiger partial charge in [0.1, 0.15) is 11.7 Å². The fourth-order valence-corrected chi connectivity index (χ4v) is 7.49. The second-order valence-corrected chi connectivity index (χ2v) is 9.98. The fraction of sp³-hybridized carbons (Fsp3) is 0.905. The molecule has 4 fully saturated rings. The van der Waals surface area contributed by atoms with Crippen molar-refractivity contribution in [3.05, 3.63) is 0 Å². The number of Topliss-reactive ketones (excluding diaryl/α,β-unsaturated/α-hetero) is 1. The zero-order chi connectivity index (χ0) is 17.3. The van der Waals surface area contributed by atoms with Gasteiger partial charge >= 0.3 is 0 Å². The van der Waals surface area contributed by atoms with Crippen LogP contribution in [0.1, 0.15) is 72.1 Å². The SMILES string of the molecule is CC12CC(C#N)C(=O)CC1CCC1C2CCC2(C)C1CCC2(C)O. The van der Waals surface area contributed by atoms with Crippen LogP contribution in [0.3, 0.4) is 0 Å². The highest BCUT2D eigenvalue weighted by molar-refractivity contribution is 5.84. The third-order valence-corrected chi connectivity index (χ3v) is 9.26. The third kappa shape index (κ3) is 1.96. The minimum atomic E-state index is -0.530. The monoisotopic (exact) mass is 329 g/mol. The molecule has 8 unspecified atom stereocenters. The standard InChI is InChI=1S/C21H31NO2/c1-19-11-13(12-22)18(23)10-14(19)4-5-15-16(19)6-8-20(2)17(15)7-9-21(20,3)24/h13-17,24H,4-11H2,1-3H3. The zero-order valence-electron chi connectivity index (χ0n) is 15.3. The van der Waals surface area contributed by atoms with E-state index < -0.39 is 5.60 Å². The maximum absolute atomic E-state index is 12.2. The summed E-state index contributed by atoms with van der Waals surface area (Å²) in [7, 11) is 0. The molecule has 0 amide bonds. The lowest BCUT2D eigenvalue weighted by Crippen LogP contribution is -2.56. The van der Waals surface area contributed by atoms with Crippen LogP contribution in [-0.2, 0) is 4.79 Å². The summed E-state index contributed by atoms with van der Waals surface area (Å²) in [6.45, 7) is 6.74. The molecule has 0 aromatic heterocycles. The Morgan fingerprint density at radius 1 is 1.08 bits per heavy atom. The van der Waals surface area contributed by atoms with E-state index in [9.17, 15) is 15.2 Å². The first-order valence-corrected chi connectivity index (χ1v) is 9.88. The van der Waals surface area contributed by atoms with Crippen LogP contribution in [0, 0.1) is 51.8 Å². The molecule has 0 aliphatic heterocycles. The van der Waals surface area contributed by atoms with E-state index in [1.54, 1.807) is 0 Å². The molecule has 132 valence electrons. The van der Waals surface area contributed by atoms with Crippen molar-refractivity contribution in [1.29, 1.82) is 5.26 Å². The van der Waals surface area contributed by atoms with Crippen LogP contribution in [0.15, 0.2) is 0 Å². The molecule has 0 radical (unpaired) electrons. The van der Waals surface area contributed by atoms with Crippen LogP contribution >= 0.6 is 0 Å². The summed E-state index contributed by atoms with van der Waals surface area (Å²) in [5.41, 5.74) is -0.332. The Balaban J connectivity index is 1.66. The van der Waals surface area contributed by atoms with E-state index in [0.29, 0.717) is 30.1 Å². The van der Waals surface area contributed by atoms with Gasteiger partial charge in [-0.25, -0.2) is 0 Å². The number of ketones is 1. The number of aliphatic hydroxyl groups is 1. The van der Waals surface area contributed by atoms with Gasteiger partial charge in [-0.1, -0.05) is 13.8 Å². The summed E-state index contributed by atoms with van der Waals surface area (Å²) in [6, 6.07) is 2.28. The van der Waals surface area contributed by atoms with Crippen molar-refractivity contribution in [1.82, 2.24) is 0 Å². The molecule has 24 heavy (non-hydrogen) atoms. The van der Waals surface area contributed by atoms with E-state index in [-0.39, 0.29) is 22.5 Å². The van der Waals surface area contributed by atoms with Crippen molar-refractivity contribution in [2.24, 2.45) is 40.4 Å². The molecule has 4 saturated carbocycles. The number of hydrogen-bond donors (Lipinski definition) is 1. The molecule has 0 aromatic rings. The minimum absolute atomic E-state index is 0.0521. The number of rotatable bonds is 0. The van der Waals surface area contributed by atoms with Gasteiger partial charge < -0.3 is 5.11 Å². The quantitative estimate of drug-likeness (QED) is 0.728. The molecule has 4 aliphatic rings. The summed E-state index contributed by atoms with van der Waals surface area (Å²) in [5, 5.41) is 20.4. The van der Waals surface area contributed by atoms with Gasteiger partial charge in [0.05, 0.1) is 11.7 Å². The Bertz CT molecular complexity index is 605. The van der Waals surface area contributed by atoms with Gasteiger partial charge in [-0.3, -0.25) is 4.79 Å². The first-order valence-electron chi connectivity index (χ1n) is 9.88. The molecular weight excluding hydrogens is 298 g/mol. The van der Waals surface area contributed by atoms with Gasteiger partial charge in [0.2, 0.25) is 0 Å². The van der Waals surface area contributed by atoms with Crippen LogP contribution in [0.2, 0.25) is 0 Å². The van der Waals surface area contributed by atoms with Crippen molar-refractivity contribution >= 4 is 5.78 Å². The molecule has 3 nitrogen and oxygen atoms in total. The predicted molar refractivity (Wildman–Crippen MR) is 91.8 cm³/mol. The topological polar surface area (TPSA) is 61.1 Å². The van der Waals surface area contributed by atoms with Gasteiger partial charge in [0.15, 0.2) is 0 Å². The summed E-state index contributed by atoms with van der Waals surface area (Å²) in [6.07, 6.45) is 8.07. The van der Waals surface area contributed by atoms with Crippen LogP contribution < -0.4 is 0 Å². The highest BCUT2D eigenvalue weighted by Gasteiger charge is 2.63. The Labute approximate surface area is 145 Å². The molecule has 0 heterocycles. The molecule has 4 rings (SSSR count). The van der Waals surface area contributed by atoms with Gasteiger partial charge in [-0.05, 0) is 86.4 Å². The Morgan fingerprint density at radius 2 is 1.79 bits per heavy atom. The number of nitrogens with zero attached hydrogens (tertiary/aromatic N) is 1. The predicted octanol–water partition coefficient (Wildman–Crippen LogP) is 4.10. The number of nitriles is 1. The summed E-state index contributed by atoms with van der Waals surface area (Å²) >= 11 is 0. The smallest absolute Gasteiger partial charge is 0.150 e. The van der Waals surface area contributed by atoms with E-state index in [0.717, 1.165) is 38.5 Å². The molecule has 0 bridgehead atoms. The molecule has 0 spiro atoms. The normalized spacial score (nSPS) is 56.8. The van der Waals surface area contributed by atoms with Gasteiger partial charge in [-0.15, -0.1) is 0 Å². The summed E-state index contributed by atoms with van der Waals surface area (Å²) in [4.78, 5) is 12.2. The molecule has 4 aliphatic carbocycles. The second kappa shape index (κ2) is 5.07. The average molecular weight is 329 g/mol. The average Bonchev–Trinajstić information content (AvgIpc) is 2.77. The highest BCUT2D eigenvalue weighted by atomic mass is 16.3. The van der Waals surface area contributed by atoms with Gasteiger partial charge in [0, 0.05) is 6.42 Å². The zero-order valence-corrected chi connectivity index (χ0v) is 15.3. The minimum Gasteiger partial charge on any atom is -0.390 e. The van der Waals surface area contributed by atoms with E-state index in [1.165, 1.54) is 6.42 Å². The number of fused-ring (bicyclic) bond motifs is 5. The van der Waals surface area contributed by atoms with E-state index in [4.69, 9.17) is 0 Å². The summed E-state index contributed by atoms with van der Waals surface area (Å²) in [5.74, 6) is 2.19. The van der Waals surface area contributed by atoms with E-state index in [2.05, 4.69) is 19.9 Å². The number of carbonyl (C=O) groups is 1. The lowest BCUT2D eigenvalue weighted by Gasteiger charge is -2.61. The van der Waals surface area contributed by atoms with Gasteiger partial charge in [0.25, 0.3) is 0 Å².